The molecular formula is C45H42N2O7. The van der Waals surface area contributed by atoms with E-state index in [9.17, 15) is 19.8 Å². The lowest BCUT2D eigenvalue weighted by atomic mass is 9.82. The third kappa shape index (κ3) is 8.16. The molecule has 54 heavy (non-hydrogen) atoms. The molecule has 0 unspecified atom stereocenters. The average molecular weight is 723 g/mol. The van der Waals surface area contributed by atoms with E-state index < -0.39 is 11.9 Å². The Balaban J connectivity index is 1.25. The molecule has 0 radical (unpaired) electrons. The number of nitrogens with one attached hydrogen (secondary N) is 2. The van der Waals surface area contributed by atoms with Gasteiger partial charge in [0.1, 0.15) is 23.0 Å². The van der Waals surface area contributed by atoms with Gasteiger partial charge in [0.2, 0.25) is 0 Å². The molecular weight excluding hydrogens is 681 g/mol. The van der Waals surface area contributed by atoms with Crippen molar-refractivity contribution in [2.45, 2.75) is 32.6 Å². The van der Waals surface area contributed by atoms with Gasteiger partial charge < -0.3 is 35.1 Å². The van der Waals surface area contributed by atoms with Gasteiger partial charge in [0.25, 0.3) is 0 Å². The molecule has 0 aliphatic rings. The molecule has 9 nitrogen and oxygen atoms in total. The summed E-state index contributed by atoms with van der Waals surface area (Å²) in [6.45, 7) is 6.63. The Bertz CT molecular complexity index is 2320. The van der Waals surface area contributed by atoms with Crippen molar-refractivity contribution < 1.29 is 34.0 Å². The van der Waals surface area contributed by atoms with Crippen LogP contribution in [0, 0.1) is 0 Å². The van der Waals surface area contributed by atoms with Crippen LogP contribution in [0.5, 0.6) is 23.0 Å². The van der Waals surface area contributed by atoms with E-state index in [1.165, 1.54) is 11.6 Å². The topological polar surface area (TPSA) is 126 Å². The molecule has 0 amide bonds. The van der Waals surface area contributed by atoms with Gasteiger partial charge in [0.05, 0.1) is 48.1 Å². The van der Waals surface area contributed by atoms with E-state index in [0.717, 1.165) is 34.4 Å². The molecule has 6 aromatic carbocycles. The van der Waals surface area contributed by atoms with Crippen LogP contribution in [0.1, 0.15) is 53.5 Å². The first-order valence-corrected chi connectivity index (χ1v) is 17.5. The minimum absolute atomic E-state index is 0.0812. The highest BCUT2D eigenvalue weighted by Crippen LogP contribution is 2.39. The van der Waals surface area contributed by atoms with Gasteiger partial charge >= 0.3 is 11.9 Å². The Morgan fingerprint density at radius 3 is 1.69 bits per heavy atom. The van der Waals surface area contributed by atoms with E-state index in [2.05, 4.69) is 43.5 Å². The maximum absolute atomic E-state index is 12.3. The van der Waals surface area contributed by atoms with E-state index in [1.54, 1.807) is 50.6 Å². The number of carboxylic acids is 2. The number of hydrogen-bond acceptors (Lipinski definition) is 7. The normalized spacial score (nSPS) is 11.1. The van der Waals surface area contributed by atoms with Crippen LogP contribution in [0.4, 0.5) is 22.7 Å². The number of hydrogen-bond donors (Lipinski definition) is 4. The number of methoxy groups -OCH3 is 2. The Morgan fingerprint density at radius 1 is 0.556 bits per heavy atom. The van der Waals surface area contributed by atoms with Crippen LogP contribution in [-0.4, -0.2) is 36.4 Å². The number of para-hydroxylation sites is 1. The monoisotopic (exact) mass is 722 g/mol. The van der Waals surface area contributed by atoms with Gasteiger partial charge in [0.15, 0.2) is 0 Å². The van der Waals surface area contributed by atoms with Crippen molar-refractivity contribution in [2.24, 2.45) is 0 Å². The minimum Gasteiger partial charge on any atom is -0.495 e. The summed E-state index contributed by atoms with van der Waals surface area (Å²) in [5.41, 5.74) is 6.89. The number of carboxylic acid groups (broad SMARTS) is 2. The van der Waals surface area contributed by atoms with E-state index in [1.807, 2.05) is 72.8 Å². The highest BCUT2D eigenvalue weighted by atomic mass is 16.5. The molecule has 0 saturated carbocycles. The standard InChI is InChI=1S/C45H42N2O7/c1-6-45(2,3)32-17-19-33(20-18-32)54-34-11-9-10-28(24-34)29-14-21-36(44(50)51)40(25-29)47-39-23-16-31(27-42(39)53-5)30-15-22-38(41(26-30)52-4)46-37-13-8-7-12-35(37)43(48)49/h7-27,46-47H,6H2,1-5H3,(H,48,49)(H,50,51). The van der Waals surface area contributed by atoms with Gasteiger partial charge in [-0.05, 0) is 112 Å². The summed E-state index contributed by atoms with van der Waals surface area (Å²) in [6.07, 6.45) is 1.03. The molecule has 4 N–H and O–H groups in total. The number of aromatic carboxylic acids is 2. The molecule has 0 fully saturated rings. The van der Waals surface area contributed by atoms with Crippen LogP contribution in [-0.2, 0) is 5.41 Å². The molecule has 274 valence electrons. The smallest absolute Gasteiger partial charge is 0.337 e. The zero-order valence-electron chi connectivity index (χ0n) is 30.8. The first-order chi connectivity index (χ1) is 26.0. The van der Waals surface area contributed by atoms with Gasteiger partial charge in [-0.1, -0.05) is 75.4 Å². The lowest BCUT2D eigenvalue weighted by molar-refractivity contribution is 0.0687. The summed E-state index contributed by atoms with van der Waals surface area (Å²) >= 11 is 0. The number of rotatable bonds is 14. The molecule has 0 atom stereocenters. The van der Waals surface area contributed by atoms with Crippen molar-refractivity contribution in [2.75, 3.05) is 24.9 Å². The summed E-state index contributed by atoms with van der Waals surface area (Å²) in [7, 11) is 3.10. The summed E-state index contributed by atoms with van der Waals surface area (Å²) in [5, 5.41) is 26.1. The minimum atomic E-state index is -1.07. The summed E-state index contributed by atoms with van der Waals surface area (Å²) < 4.78 is 17.6. The highest BCUT2D eigenvalue weighted by molar-refractivity contribution is 5.97. The first kappa shape index (κ1) is 37.0. The third-order valence-electron chi connectivity index (χ3n) is 9.61. The van der Waals surface area contributed by atoms with E-state index in [0.29, 0.717) is 40.0 Å². The van der Waals surface area contributed by atoms with Crippen LogP contribution in [0.3, 0.4) is 0 Å². The zero-order valence-corrected chi connectivity index (χ0v) is 30.8. The molecule has 0 aliphatic heterocycles. The second kappa shape index (κ2) is 15.9. The lowest BCUT2D eigenvalue weighted by Gasteiger charge is -2.23. The fourth-order valence-corrected chi connectivity index (χ4v) is 6.08. The van der Waals surface area contributed by atoms with Gasteiger partial charge in [-0.15, -0.1) is 0 Å². The second-order valence-electron chi connectivity index (χ2n) is 13.4. The van der Waals surface area contributed by atoms with Crippen LogP contribution < -0.4 is 24.8 Å². The van der Waals surface area contributed by atoms with Crippen LogP contribution in [0.2, 0.25) is 0 Å². The molecule has 6 aromatic rings. The maximum atomic E-state index is 12.3. The Morgan fingerprint density at radius 2 is 1.09 bits per heavy atom. The molecule has 0 spiro atoms. The highest BCUT2D eigenvalue weighted by Gasteiger charge is 2.19. The Kier molecular flexibility index (Phi) is 10.9. The van der Waals surface area contributed by atoms with Crippen molar-refractivity contribution >= 4 is 34.7 Å². The number of carbonyl (C=O) groups is 2. The van der Waals surface area contributed by atoms with Crippen molar-refractivity contribution in [1.29, 1.82) is 0 Å². The average Bonchev–Trinajstić information content (AvgIpc) is 3.18. The molecule has 0 saturated heterocycles. The number of ether oxygens (including phenoxy) is 3. The fourth-order valence-electron chi connectivity index (χ4n) is 6.08. The third-order valence-corrected chi connectivity index (χ3v) is 9.61. The lowest BCUT2D eigenvalue weighted by Crippen LogP contribution is -2.14. The number of benzene rings is 6. The molecule has 0 aliphatic carbocycles. The van der Waals surface area contributed by atoms with Crippen LogP contribution >= 0.6 is 0 Å². The fraction of sp³-hybridized carbons (Fsp3) is 0.156. The summed E-state index contributed by atoms with van der Waals surface area (Å²) in [4.78, 5) is 24.1. The zero-order chi connectivity index (χ0) is 38.4. The van der Waals surface area contributed by atoms with E-state index in [-0.39, 0.29) is 16.5 Å². The van der Waals surface area contributed by atoms with Gasteiger partial charge in [-0.2, -0.15) is 0 Å². The largest absolute Gasteiger partial charge is 0.495 e. The quantitative estimate of drug-likeness (QED) is 0.0869. The molecule has 9 heteroatoms. The molecule has 0 aromatic heterocycles. The van der Waals surface area contributed by atoms with Crippen molar-refractivity contribution in [1.82, 2.24) is 0 Å². The van der Waals surface area contributed by atoms with Gasteiger partial charge in [0, 0.05) is 0 Å². The molecule has 0 bridgehead atoms. The SMILES string of the molecule is CCC(C)(C)c1ccc(Oc2cccc(-c3ccc(C(=O)O)c(Nc4ccc(-c5ccc(Nc6ccccc6C(=O)O)c(OC)c5)cc4OC)c3)c2)cc1. The molecule has 0 heterocycles. The van der Waals surface area contributed by atoms with Crippen molar-refractivity contribution in [3.05, 3.63) is 144 Å². The van der Waals surface area contributed by atoms with Crippen molar-refractivity contribution in [3.8, 4) is 45.3 Å². The van der Waals surface area contributed by atoms with Crippen LogP contribution in [0.25, 0.3) is 22.3 Å². The Labute approximate surface area is 314 Å². The Hall–Kier alpha value is -6.74. The second-order valence-corrected chi connectivity index (χ2v) is 13.4. The predicted octanol–water partition coefficient (Wildman–Crippen LogP) is 11.4. The predicted molar refractivity (Wildman–Crippen MR) is 214 cm³/mol. The van der Waals surface area contributed by atoms with E-state index in [4.69, 9.17) is 14.2 Å². The first-order valence-electron chi connectivity index (χ1n) is 17.5. The van der Waals surface area contributed by atoms with E-state index >= 15 is 0 Å². The molecule has 6 rings (SSSR count). The maximum Gasteiger partial charge on any atom is 0.337 e. The van der Waals surface area contributed by atoms with Gasteiger partial charge in [-0.25, -0.2) is 9.59 Å². The summed E-state index contributed by atoms with van der Waals surface area (Å²) in [5.74, 6) is 0.293. The van der Waals surface area contributed by atoms with Crippen molar-refractivity contribution in [3.63, 3.8) is 0 Å². The van der Waals surface area contributed by atoms with Gasteiger partial charge in [-0.3, -0.25) is 0 Å². The number of anilines is 4. The van der Waals surface area contributed by atoms with Crippen LogP contribution in [0.15, 0.2) is 127 Å². The summed E-state index contributed by atoms with van der Waals surface area (Å²) in [6, 6.07) is 38.8.